The Bertz CT molecular complexity index is 226. The molecule has 1 aliphatic rings. The van der Waals surface area contributed by atoms with Gasteiger partial charge in [0.05, 0.1) is 6.04 Å². The number of amides is 1. The Hall–Kier alpha value is -1.01. The van der Waals surface area contributed by atoms with Crippen molar-refractivity contribution in [2.45, 2.75) is 44.6 Å². The highest BCUT2D eigenvalue weighted by atomic mass is 16.2. The smallest absolute Gasteiger partial charge is 0.237 e. The van der Waals surface area contributed by atoms with Gasteiger partial charge >= 0.3 is 0 Å². The zero-order valence-corrected chi connectivity index (χ0v) is 9.22. The standard InChI is InChI=1S/C12H20N2O/c1-2-3-4-6-10-14-12(15)11-8-5-7-9-13-11/h1,11,13H,3-10H2,(H,14,15)/t11-/m1/s1. The van der Waals surface area contributed by atoms with Crippen molar-refractivity contribution in [2.75, 3.05) is 13.1 Å². The molecule has 0 aromatic heterocycles. The first-order chi connectivity index (χ1) is 7.34. The largest absolute Gasteiger partial charge is 0.355 e. The first kappa shape index (κ1) is 12.1. The first-order valence-corrected chi connectivity index (χ1v) is 5.79. The molecule has 0 saturated carbocycles. The number of carbonyl (C=O) groups excluding carboxylic acids is 1. The Kier molecular flexibility index (Phi) is 5.87. The van der Waals surface area contributed by atoms with Crippen LogP contribution < -0.4 is 10.6 Å². The maximum atomic E-state index is 11.6. The predicted octanol–water partition coefficient (Wildman–Crippen LogP) is 1.05. The van der Waals surface area contributed by atoms with E-state index in [1.54, 1.807) is 0 Å². The topological polar surface area (TPSA) is 41.1 Å². The zero-order chi connectivity index (χ0) is 10.9. The van der Waals surface area contributed by atoms with Gasteiger partial charge < -0.3 is 10.6 Å². The van der Waals surface area contributed by atoms with E-state index in [-0.39, 0.29) is 11.9 Å². The minimum Gasteiger partial charge on any atom is -0.355 e. The third-order valence-corrected chi connectivity index (χ3v) is 2.67. The lowest BCUT2D eigenvalue weighted by molar-refractivity contribution is -0.123. The molecule has 0 aromatic rings. The second-order valence-electron chi connectivity index (χ2n) is 3.95. The predicted molar refractivity (Wildman–Crippen MR) is 61.3 cm³/mol. The Morgan fingerprint density at radius 3 is 3.00 bits per heavy atom. The monoisotopic (exact) mass is 208 g/mol. The second kappa shape index (κ2) is 7.30. The van der Waals surface area contributed by atoms with Crippen molar-refractivity contribution in [3.63, 3.8) is 0 Å². The quantitative estimate of drug-likeness (QED) is 0.524. The van der Waals surface area contributed by atoms with Gasteiger partial charge in [0.15, 0.2) is 0 Å². The average molecular weight is 208 g/mol. The van der Waals surface area contributed by atoms with Crippen LogP contribution >= 0.6 is 0 Å². The van der Waals surface area contributed by atoms with E-state index in [0.717, 1.165) is 45.2 Å². The Balaban J connectivity index is 2.05. The molecule has 0 aliphatic carbocycles. The molecule has 1 heterocycles. The van der Waals surface area contributed by atoms with Gasteiger partial charge in [-0.2, -0.15) is 0 Å². The summed E-state index contributed by atoms with van der Waals surface area (Å²) in [4.78, 5) is 11.6. The van der Waals surface area contributed by atoms with Crippen LogP contribution in [0.25, 0.3) is 0 Å². The number of unbranched alkanes of at least 4 members (excludes halogenated alkanes) is 2. The molecule has 1 amide bonds. The van der Waals surface area contributed by atoms with Crippen molar-refractivity contribution in [1.82, 2.24) is 10.6 Å². The molecule has 0 radical (unpaired) electrons. The highest BCUT2D eigenvalue weighted by Crippen LogP contribution is 2.06. The van der Waals surface area contributed by atoms with E-state index in [9.17, 15) is 4.79 Å². The summed E-state index contributed by atoms with van der Waals surface area (Å²) in [5.41, 5.74) is 0. The minimum absolute atomic E-state index is 0.0337. The van der Waals surface area contributed by atoms with Crippen LogP contribution in [0.5, 0.6) is 0 Å². The molecular formula is C12H20N2O. The fourth-order valence-electron chi connectivity index (χ4n) is 1.76. The van der Waals surface area contributed by atoms with Crippen molar-refractivity contribution < 1.29 is 4.79 Å². The van der Waals surface area contributed by atoms with Gasteiger partial charge in [-0.05, 0) is 32.2 Å². The lowest BCUT2D eigenvalue weighted by Crippen LogP contribution is -2.46. The Morgan fingerprint density at radius 2 is 2.33 bits per heavy atom. The van der Waals surface area contributed by atoms with E-state index in [0.29, 0.717) is 0 Å². The molecule has 15 heavy (non-hydrogen) atoms. The van der Waals surface area contributed by atoms with Gasteiger partial charge in [0.1, 0.15) is 0 Å². The lowest BCUT2D eigenvalue weighted by Gasteiger charge is -2.22. The molecule has 84 valence electrons. The molecule has 0 spiro atoms. The van der Waals surface area contributed by atoms with E-state index < -0.39 is 0 Å². The van der Waals surface area contributed by atoms with Crippen LogP contribution in [0.2, 0.25) is 0 Å². The molecule has 1 saturated heterocycles. The van der Waals surface area contributed by atoms with Crippen LogP contribution in [0.4, 0.5) is 0 Å². The number of hydrogen-bond donors (Lipinski definition) is 2. The van der Waals surface area contributed by atoms with Crippen LogP contribution in [-0.2, 0) is 4.79 Å². The maximum Gasteiger partial charge on any atom is 0.237 e. The number of hydrogen-bond acceptors (Lipinski definition) is 2. The molecule has 1 atom stereocenters. The molecule has 2 N–H and O–H groups in total. The summed E-state index contributed by atoms with van der Waals surface area (Å²) in [6.07, 6.45) is 11.2. The van der Waals surface area contributed by atoms with E-state index in [1.165, 1.54) is 6.42 Å². The molecule has 1 rings (SSSR count). The number of nitrogens with one attached hydrogen (secondary N) is 2. The van der Waals surface area contributed by atoms with Gasteiger partial charge in [-0.1, -0.05) is 6.42 Å². The van der Waals surface area contributed by atoms with E-state index in [2.05, 4.69) is 16.6 Å². The third-order valence-electron chi connectivity index (χ3n) is 2.67. The summed E-state index contributed by atoms with van der Waals surface area (Å²) in [6, 6.07) is 0.0337. The maximum absolute atomic E-state index is 11.6. The zero-order valence-electron chi connectivity index (χ0n) is 9.22. The highest BCUT2D eigenvalue weighted by molar-refractivity contribution is 5.81. The van der Waals surface area contributed by atoms with Crippen molar-refractivity contribution >= 4 is 5.91 Å². The summed E-state index contributed by atoms with van der Waals surface area (Å²) in [6.45, 7) is 1.72. The van der Waals surface area contributed by atoms with Crippen molar-refractivity contribution in [3.05, 3.63) is 0 Å². The summed E-state index contributed by atoms with van der Waals surface area (Å²) in [5.74, 6) is 2.74. The van der Waals surface area contributed by atoms with Crippen LogP contribution in [0, 0.1) is 12.3 Å². The van der Waals surface area contributed by atoms with Gasteiger partial charge in [0.25, 0.3) is 0 Å². The summed E-state index contributed by atoms with van der Waals surface area (Å²) >= 11 is 0. The molecular weight excluding hydrogens is 188 g/mol. The van der Waals surface area contributed by atoms with Crippen LogP contribution in [-0.4, -0.2) is 25.0 Å². The Morgan fingerprint density at radius 1 is 1.47 bits per heavy atom. The van der Waals surface area contributed by atoms with Gasteiger partial charge in [-0.15, -0.1) is 12.3 Å². The van der Waals surface area contributed by atoms with E-state index >= 15 is 0 Å². The lowest BCUT2D eigenvalue weighted by atomic mass is 10.0. The Labute approximate surface area is 92.0 Å². The number of piperidine rings is 1. The molecule has 1 fully saturated rings. The van der Waals surface area contributed by atoms with Crippen molar-refractivity contribution in [1.29, 1.82) is 0 Å². The average Bonchev–Trinajstić information content (AvgIpc) is 2.30. The minimum atomic E-state index is 0.0337. The van der Waals surface area contributed by atoms with Gasteiger partial charge in [-0.25, -0.2) is 0 Å². The SMILES string of the molecule is C#CCCCCNC(=O)[C@H]1CCCCN1. The molecule has 0 aromatic carbocycles. The van der Waals surface area contributed by atoms with E-state index in [1.807, 2.05) is 0 Å². The summed E-state index contributed by atoms with van der Waals surface area (Å²) in [7, 11) is 0. The van der Waals surface area contributed by atoms with Crippen molar-refractivity contribution in [3.8, 4) is 12.3 Å². The molecule has 3 heteroatoms. The summed E-state index contributed by atoms with van der Waals surface area (Å²) in [5, 5.41) is 6.17. The second-order valence-corrected chi connectivity index (χ2v) is 3.95. The fraction of sp³-hybridized carbons (Fsp3) is 0.750. The van der Waals surface area contributed by atoms with Crippen LogP contribution in [0.1, 0.15) is 38.5 Å². The van der Waals surface area contributed by atoms with Crippen LogP contribution in [0.15, 0.2) is 0 Å². The number of terminal acetylenes is 1. The van der Waals surface area contributed by atoms with Gasteiger partial charge in [-0.3, -0.25) is 4.79 Å². The van der Waals surface area contributed by atoms with Gasteiger partial charge in [0.2, 0.25) is 5.91 Å². The molecule has 0 unspecified atom stereocenters. The third kappa shape index (κ3) is 4.85. The van der Waals surface area contributed by atoms with Crippen molar-refractivity contribution in [2.24, 2.45) is 0 Å². The van der Waals surface area contributed by atoms with E-state index in [4.69, 9.17) is 6.42 Å². The number of rotatable bonds is 5. The molecule has 1 aliphatic heterocycles. The fourth-order valence-corrected chi connectivity index (χ4v) is 1.76. The normalized spacial score (nSPS) is 20.6. The molecule has 0 bridgehead atoms. The summed E-state index contributed by atoms with van der Waals surface area (Å²) < 4.78 is 0. The first-order valence-electron chi connectivity index (χ1n) is 5.79. The highest BCUT2D eigenvalue weighted by Gasteiger charge is 2.19. The number of carbonyl (C=O) groups is 1. The molecule has 3 nitrogen and oxygen atoms in total. The van der Waals surface area contributed by atoms with Crippen LogP contribution in [0.3, 0.4) is 0 Å². The van der Waals surface area contributed by atoms with Gasteiger partial charge in [0, 0.05) is 13.0 Å².